The van der Waals surface area contributed by atoms with E-state index in [9.17, 15) is 4.79 Å². The minimum atomic E-state index is -0.316. The molecule has 86 valence electrons. The van der Waals surface area contributed by atoms with Crippen LogP contribution < -0.4 is 10.6 Å². The number of fused-ring (bicyclic) bond motifs is 1. The van der Waals surface area contributed by atoms with E-state index in [2.05, 4.69) is 4.90 Å². The second-order valence-electron chi connectivity index (χ2n) is 4.08. The fraction of sp³-hybridized carbons (Fsp3) is 0.417. The van der Waals surface area contributed by atoms with Gasteiger partial charge in [0, 0.05) is 25.3 Å². The molecule has 1 unspecified atom stereocenters. The number of nitrogens with two attached hydrogens (primary N) is 1. The van der Waals surface area contributed by atoms with Crippen molar-refractivity contribution < 1.29 is 9.53 Å². The van der Waals surface area contributed by atoms with Crippen LogP contribution in [0.5, 0.6) is 0 Å². The predicted molar refractivity (Wildman–Crippen MR) is 62.6 cm³/mol. The van der Waals surface area contributed by atoms with Crippen molar-refractivity contribution in [3.05, 3.63) is 29.3 Å². The molecule has 16 heavy (non-hydrogen) atoms. The molecule has 0 radical (unpaired) electrons. The van der Waals surface area contributed by atoms with Gasteiger partial charge in [0.15, 0.2) is 0 Å². The van der Waals surface area contributed by atoms with Crippen LogP contribution in [-0.2, 0) is 4.74 Å². The van der Waals surface area contributed by atoms with Crippen LogP contribution in [0.15, 0.2) is 18.2 Å². The molecule has 1 aromatic rings. The molecule has 1 aromatic carbocycles. The summed E-state index contributed by atoms with van der Waals surface area (Å²) in [6.45, 7) is 0.950. The van der Waals surface area contributed by atoms with E-state index in [1.165, 1.54) is 7.11 Å². The Labute approximate surface area is 95.0 Å². The summed E-state index contributed by atoms with van der Waals surface area (Å²) in [5, 5.41) is 0. The van der Waals surface area contributed by atoms with E-state index < -0.39 is 0 Å². The van der Waals surface area contributed by atoms with Gasteiger partial charge < -0.3 is 15.4 Å². The van der Waals surface area contributed by atoms with E-state index in [0.29, 0.717) is 5.56 Å². The summed E-state index contributed by atoms with van der Waals surface area (Å²) in [5.74, 6) is -0.316. The molecule has 0 aromatic heterocycles. The van der Waals surface area contributed by atoms with Gasteiger partial charge in [0.2, 0.25) is 0 Å². The van der Waals surface area contributed by atoms with Gasteiger partial charge in [0.05, 0.1) is 12.7 Å². The number of ether oxygens (including phenoxy) is 1. The van der Waals surface area contributed by atoms with E-state index >= 15 is 0 Å². The molecule has 1 aliphatic heterocycles. The number of hydrogen-bond acceptors (Lipinski definition) is 4. The molecular weight excluding hydrogens is 204 g/mol. The summed E-state index contributed by atoms with van der Waals surface area (Å²) in [7, 11) is 3.41. The molecule has 0 bridgehead atoms. The predicted octanol–water partition coefficient (Wildman–Crippen LogP) is 1.31. The number of rotatable bonds is 1. The van der Waals surface area contributed by atoms with Crippen molar-refractivity contribution in [1.29, 1.82) is 0 Å². The Morgan fingerprint density at radius 2 is 2.31 bits per heavy atom. The minimum Gasteiger partial charge on any atom is -0.465 e. The zero-order chi connectivity index (χ0) is 11.7. The second kappa shape index (κ2) is 4.14. The third-order valence-corrected chi connectivity index (χ3v) is 3.03. The molecule has 0 fully saturated rings. The highest BCUT2D eigenvalue weighted by Gasteiger charge is 2.21. The maximum Gasteiger partial charge on any atom is 0.337 e. The van der Waals surface area contributed by atoms with Crippen LogP contribution in [0.3, 0.4) is 0 Å². The molecule has 0 aliphatic carbocycles. The summed E-state index contributed by atoms with van der Waals surface area (Å²) < 4.78 is 4.70. The van der Waals surface area contributed by atoms with E-state index in [4.69, 9.17) is 10.5 Å². The van der Waals surface area contributed by atoms with Crippen LogP contribution in [-0.4, -0.2) is 26.7 Å². The smallest absolute Gasteiger partial charge is 0.337 e. The summed E-state index contributed by atoms with van der Waals surface area (Å²) in [6.07, 6.45) is 0.911. The Hall–Kier alpha value is -1.55. The Morgan fingerprint density at radius 1 is 1.56 bits per heavy atom. The highest BCUT2D eigenvalue weighted by molar-refractivity contribution is 5.90. The molecule has 0 spiro atoms. The zero-order valence-corrected chi connectivity index (χ0v) is 9.56. The first-order chi connectivity index (χ1) is 7.63. The summed E-state index contributed by atoms with van der Waals surface area (Å²) in [4.78, 5) is 13.6. The Bertz CT molecular complexity index is 417. The van der Waals surface area contributed by atoms with Crippen molar-refractivity contribution in [2.45, 2.75) is 12.5 Å². The minimum absolute atomic E-state index is 0.0100. The number of esters is 1. The lowest BCUT2D eigenvalue weighted by Gasteiger charge is -2.31. The van der Waals surface area contributed by atoms with Gasteiger partial charge in [-0.1, -0.05) is 0 Å². The second-order valence-corrected chi connectivity index (χ2v) is 4.08. The van der Waals surface area contributed by atoms with Crippen molar-refractivity contribution in [3.8, 4) is 0 Å². The van der Waals surface area contributed by atoms with Crippen molar-refractivity contribution >= 4 is 11.7 Å². The van der Waals surface area contributed by atoms with Crippen molar-refractivity contribution in [3.63, 3.8) is 0 Å². The largest absolute Gasteiger partial charge is 0.465 e. The van der Waals surface area contributed by atoms with E-state index in [0.717, 1.165) is 24.2 Å². The molecule has 0 amide bonds. The van der Waals surface area contributed by atoms with Gasteiger partial charge in [0.1, 0.15) is 0 Å². The Morgan fingerprint density at radius 3 is 3.00 bits per heavy atom. The van der Waals surface area contributed by atoms with Crippen LogP contribution in [0.25, 0.3) is 0 Å². The van der Waals surface area contributed by atoms with E-state index in [1.807, 2.05) is 19.2 Å². The fourth-order valence-electron chi connectivity index (χ4n) is 2.05. The SMILES string of the molecule is COC(=O)c1ccc2c(c1)C(N)CCN2C. The average molecular weight is 220 g/mol. The van der Waals surface area contributed by atoms with Gasteiger partial charge in [-0.25, -0.2) is 4.79 Å². The molecule has 4 heteroatoms. The van der Waals surface area contributed by atoms with Crippen LogP contribution in [0.1, 0.15) is 28.4 Å². The molecule has 0 saturated carbocycles. The maximum atomic E-state index is 11.4. The van der Waals surface area contributed by atoms with Crippen LogP contribution >= 0.6 is 0 Å². The van der Waals surface area contributed by atoms with Gasteiger partial charge in [-0.05, 0) is 30.2 Å². The summed E-state index contributed by atoms with van der Waals surface area (Å²) in [5.41, 5.74) is 8.73. The molecule has 2 rings (SSSR count). The highest BCUT2D eigenvalue weighted by atomic mass is 16.5. The number of hydrogen-bond donors (Lipinski definition) is 1. The van der Waals surface area contributed by atoms with Crippen molar-refractivity contribution in [2.24, 2.45) is 5.73 Å². The number of methoxy groups -OCH3 is 1. The number of anilines is 1. The van der Waals surface area contributed by atoms with E-state index in [1.54, 1.807) is 6.07 Å². The number of nitrogens with zero attached hydrogens (tertiary/aromatic N) is 1. The third kappa shape index (κ3) is 1.76. The molecule has 0 saturated heterocycles. The first-order valence-electron chi connectivity index (χ1n) is 5.32. The lowest BCUT2D eigenvalue weighted by atomic mass is 9.95. The van der Waals surface area contributed by atoms with Crippen LogP contribution in [0.4, 0.5) is 5.69 Å². The van der Waals surface area contributed by atoms with Gasteiger partial charge in [-0.2, -0.15) is 0 Å². The van der Waals surface area contributed by atoms with Crippen LogP contribution in [0.2, 0.25) is 0 Å². The summed E-state index contributed by atoms with van der Waals surface area (Å²) >= 11 is 0. The normalized spacial score (nSPS) is 19.2. The standard InChI is InChI=1S/C12H16N2O2/c1-14-6-5-10(13)9-7-8(12(15)16-2)3-4-11(9)14/h3-4,7,10H,5-6,13H2,1-2H3. The van der Waals surface area contributed by atoms with Crippen molar-refractivity contribution in [1.82, 2.24) is 0 Å². The van der Waals surface area contributed by atoms with Gasteiger partial charge >= 0.3 is 5.97 Å². The average Bonchev–Trinajstić information content (AvgIpc) is 2.32. The number of benzene rings is 1. The summed E-state index contributed by atoms with van der Waals surface area (Å²) in [6, 6.07) is 5.55. The lowest BCUT2D eigenvalue weighted by molar-refractivity contribution is 0.0600. The number of carbonyl (C=O) groups excluding carboxylic acids is 1. The van der Waals surface area contributed by atoms with Crippen LogP contribution in [0, 0.1) is 0 Å². The van der Waals surface area contributed by atoms with Gasteiger partial charge in [-0.3, -0.25) is 0 Å². The molecular formula is C12H16N2O2. The third-order valence-electron chi connectivity index (χ3n) is 3.03. The highest BCUT2D eigenvalue weighted by Crippen LogP contribution is 2.32. The molecule has 1 heterocycles. The maximum absolute atomic E-state index is 11.4. The Kier molecular flexibility index (Phi) is 2.83. The first-order valence-corrected chi connectivity index (χ1v) is 5.32. The fourth-order valence-corrected chi connectivity index (χ4v) is 2.05. The quantitative estimate of drug-likeness (QED) is 0.725. The van der Waals surface area contributed by atoms with Gasteiger partial charge in [0.25, 0.3) is 0 Å². The van der Waals surface area contributed by atoms with Crippen molar-refractivity contribution in [2.75, 3.05) is 25.6 Å². The zero-order valence-electron chi connectivity index (χ0n) is 9.56. The molecule has 2 N–H and O–H groups in total. The van der Waals surface area contributed by atoms with Gasteiger partial charge in [-0.15, -0.1) is 0 Å². The van der Waals surface area contributed by atoms with E-state index in [-0.39, 0.29) is 12.0 Å². The molecule has 1 atom stereocenters. The lowest BCUT2D eigenvalue weighted by Crippen LogP contribution is -2.30. The first kappa shape index (κ1) is 11.0. The topological polar surface area (TPSA) is 55.6 Å². The monoisotopic (exact) mass is 220 g/mol. The molecule has 4 nitrogen and oxygen atoms in total. The Balaban J connectivity index is 2.44. The number of carbonyl (C=O) groups is 1. The molecule has 1 aliphatic rings.